The van der Waals surface area contributed by atoms with Crippen molar-refractivity contribution in [3.8, 4) is 0 Å². The van der Waals surface area contributed by atoms with E-state index < -0.39 is 0 Å². The van der Waals surface area contributed by atoms with Crippen LogP contribution in [0.5, 0.6) is 0 Å². The Morgan fingerprint density at radius 2 is 1.90 bits per heavy atom. The van der Waals surface area contributed by atoms with Crippen molar-refractivity contribution in [2.75, 3.05) is 5.32 Å². The van der Waals surface area contributed by atoms with Crippen LogP contribution >= 0.6 is 15.9 Å². The lowest BCUT2D eigenvalue weighted by Gasteiger charge is -2.10. The minimum Gasteiger partial charge on any atom is -0.321 e. The number of fused-ring (bicyclic) bond motifs is 1. The lowest BCUT2D eigenvalue weighted by Crippen LogP contribution is -2.13. The second-order valence-corrected chi connectivity index (χ2v) is 5.56. The summed E-state index contributed by atoms with van der Waals surface area (Å²) in [5.41, 5.74) is 3.27. The van der Waals surface area contributed by atoms with Crippen molar-refractivity contribution in [1.82, 2.24) is 4.98 Å². The highest BCUT2D eigenvalue weighted by atomic mass is 79.9. The SMILES string of the molecule is Cc1cccc(C(=O)Nc2cccc3ncccc23)c1Br. The third-order valence-electron chi connectivity index (χ3n) is 3.33. The highest BCUT2D eigenvalue weighted by Crippen LogP contribution is 2.25. The molecule has 1 heterocycles. The van der Waals surface area contributed by atoms with Gasteiger partial charge in [-0.2, -0.15) is 0 Å². The molecule has 0 atom stereocenters. The number of carbonyl (C=O) groups excluding carboxylic acids is 1. The molecule has 1 aromatic heterocycles. The average Bonchev–Trinajstić information content (AvgIpc) is 2.50. The van der Waals surface area contributed by atoms with Crippen molar-refractivity contribution < 1.29 is 4.79 Å². The van der Waals surface area contributed by atoms with Crippen molar-refractivity contribution in [1.29, 1.82) is 0 Å². The number of benzene rings is 2. The average molecular weight is 341 g/mol. The van der Waals surface area contributed by atoms with E-state index in [0.29, 0.717) is 5.56 Å². The number of anilines is 1. The van der Waals surface area contributed by atoms with Crippen LogP contribution in [0.3, 0.4) is 0 Å². The van der Waals surface area contributed by atoms with Crippen LogP contribution in [-0.4, -0.2) is 10.9 Å². The number of carbonyl (C=O) groups is 1. The fourth-order valence-electron chi connectivity index (χ4n) is 2.22. The molecule has 3 aromatic rings. The molecule has 0 saturated heterocycles. The van der Waals surface area contributed by atoms with E-state index >= 15 is 0 Å². The maximum absolute atomic E-state index is 12.5. The first-order valence-electron chi connectivity index (χ1n) is 6.57. The zero-order valence-electron chi connectivity index (χ0n) is 11.4. The van der Waals surface area contributed by atoms with Crippen LogP contribution in [0.15, 0.2) is 59.2 Å². The zero-order valence-corrected chi connectivity index (χ0v) is 13.0. The van der Waals surface area contributed by atoms with Crippen LogP contribution in [-0.2, 0) is 0 Å². The Labute approximate surface area is 131 Å². The van der Waals surface area contributed by atoms with E-state index in [-0.39, 0.29) is 5.91 Å². The molecular weight excluding hydrogens is 328 g/mol. The summed E-state index contributed by atoms with van der Waals surface area (Å²) >= 11 is 3.47. The van der Waals surface area contributed by atoms with Crippen LogP contribution in [0.2, 0.25) is 0 Å². The standard InChI is InChI=1S/C17H13BrN2O/c1-11-5-2-6-13(16(11)18)17(21)20-15-9-3-8-14-12(15)7-4-10-19-14/h2-10H,1H3,(H,20,21). The van der Waals surface area contributed by atoms with Gasteiger partial charge in [0.05, 0.1) is 16.8 Å². The van der Waals surface area contributed by atoms with E-state index in [4.69, 9.17) is 0 Å². The van der Waals surface area contributed by atoms with Crippen LogP contribution < -0.4 is 5.32 Å². The summed E-state index contributed by atoms with van der Waals surface area (Å²) < 4.78 is 0.820. The number of amides is 1. The van der Waals surface area contributed by atoms with Gasteiger partial charge in [0.15, 0.2) is 0 Å². The largest absolute Gasteiger partial charge is 0.321 e. The van der Waals surface area contributed by atoms with Crippen LogP contribution in [0.25, 0.3) is 10.9 Å². The van der Waals surface area contributed by atoms with Crippen molar-refractivity contribution in [2.24, 2.45) is 0 Å². The Kier molecular flexibility index (Phi) is 3.71. The molecule has 4 heteroatoms. The van der Waals surface area contributed by atoms with Crippen molar-refractivity contribution in [2.45, 2.75) is 6.92 Å². The van der Waals surface area contributed by atoms with Gasteiger partial charge in [-0.25, -0.2) is 0 Å². The molecule has 0 radical (unpaired) electrons. The van der Waals surface area contributed by atoms with Gasteiger partial charge in [0, 0.05) is 16.1 Å². The van der Waals surface area contributed by atoms with Crippen LogP contribution in [0, 0.1) is 6.92 Å². The number of pyridine rings is 1. The Morgan fingerprint density at radius 3 is 2.76 bits per heavy atom. The minimum atomic E-state index is -0.137. The van der Waals surface area contributed by atoms with E-state index in [1.165, 1.54) is 0 Å². The molecule has 2 aromatic carbocycles. The zero-order chi connectivity index (χ0) is 14.8. The summed E-state index contributed by atoms with van der Waals surface area (Å²) in [5, 5.41) is 3.89. The molecule has 0 saturated carbocycles. The minimum absolute atomic E-state index is 0.137. The van der Waals surface area contributed by atoms with Gasteiger partial charge in [-0.15, -0.1) is 0 Å². The Balaban J connectivity index is 1.99. The Morgan fingerprint density at radius 1 is 1.10 bits per heavy atom. The molecule has 0 aliphatic carbocycles. The van der Waals surface area contributed by atoms with Crippen molar-refractivity contribution >= 4 is 38.4 Å². The first-order chi connectivity index (χ1) is 10.2. The van der Waals surface area contributed by atoms with Gasteiger partial charge in [0.2, 0.25) is 0 Å². The van der Waals surface area contributed by atoms with Gasteiger partial charge < -0.3 is 5.32 Å². The fraction of sp³-hybridized carbons (Fsp3) is 0.0588. The number of halogens is 1. The molecule has 1 amide bonds. The third kappa shape index (κ3) is 2.67. The van der Waals surface area contributed by atoms with E-state index in [2.05, 4.69) is 26.2 Å². The van der Waals surface area contributed by atoms with Gasteiger partial charge in [-0.1, -0.05) is 18.2 Å². The summed E-state index contributed by atoms with van der Waals surface area (Å²) in [6, 6.07) is 15.1. The first kappa shape index (κ1) is 13.8. The highest BCUT2D eigenvalue weighted by molar-refractivity contribution is 9.10. The molecule has 0 bridgehead atoms. The molecule has 3 nitrogen and oxygen atoms in total. The molecular formula is C17H13BrN2O. The molecule has 3 rings (SSSR count). The molecule has 0 aliphatic heterocycles. The third-order valence-corrected chi connectivity index (χ3v) is 4.38. The Hall–Kier alpha value is -2.20. The first-order valence-corrected chi connectivity index (χ1v) is 7.36. The predicted octanol–water partition coefficient (Wildman–Crippen LogP) is 4.56. The maximum atomic E-state index is 12.5. The molecule has 0 spiro atoms. The number of rotatable bonds is 2. The number of nitrogens with zero attached hydrogens (tertiary/aromatic N) is 1. The molecule has 104 valence electrons. The van der Waals surface area contributed by atoms with Gasteiger partial charge >= 0.3 is 0 Å². The van der Waals surface area contributed by atoms with E-state index in [0.717, 1.165) is 26.6 Å². The molecule has 0 fully saturated rings. The number of aryl methyl sites for hydroxylation is 1. The molecule has 0 unspecified atom stereocenters. The summed E-state index contributed by atoms with van der Waals surface area (Å²) in [4.78, 5) is 16.8. The summed E-state index contributed by atoms with van der Waals surface area (Å²) in [5.74, 6) is -0.137. The molecule has 21 heavy (non-hydrogen) atoms. The number of nitrogens with one attached hydrogen (secondary N) is 1. The van der Waals surface area contributed by atoms with Gasteiger partial charge in [0.25, 0.3) is 5.91 Å². The topological polar surface area (TPSA) is 42.0 Å². The monoisotopic (exact) mass is 340 g/mol. The molecule has 0 aliphatic rings. The second-order valence-electron chi connectivity index (χ2n) is 4.77. The lowest BCUT2D eigenvalue weighted by molar-refractivity contribution is 0.102. The smallest absolute Gasteiger partial charge is 0.256 e. The molecule has 1 N–H and O–H groups in total. The summed E-state index contributed by atoms with van der Waals surface area (Å²) in [6.07, 6.45) is 1.74. The van der Waals surface area contributed by atoms with Crippen molar-refractivity contribution in [3.05, 3.63) is 70.3 Å². The summed E-state index contributed by atoms with van der Waals surface area (Å²) in [6.45, 7) is 1.96. The highest BCUT2D eigenvalue weighted by Gasteiger charge is 2.12. The normalized spacial score (nSPS) is 10.6. The maximum Gasteiger partial charge on any atom is 0.256 e. The van der Waals surface area contributed by atoms with Gasteiger partial charge in [-0.3, -0.25) is 9.78 Å². The van der Waals surface area contributed by atoms with E-state index in [9.17, 15) is 4.79 Å². The summed E-state index contributed by atoms with van der Waals surface area (Å²) in [7, 11) is 0. The van der Waals surface area contributed by atoms with Crippen molar-refractivity contribution in [3.63, 3.8) is 0 Å². The Bertz CT molecular complexity index is 825. The van der Waals surface area contributed by atoms with E-state index in [1.54, 1.807) is 12.3 Å². The number of hydrogen-bond donors (Lipinski definition) is 1. The lowest BCUT2D eigenvalue weighted by atomic mass is 10.1. The predicted molar refractivity (Wildman–Crippen MR) is 88.6 cm³/mol. The quantitative estimate of drug-likeness (QED) is 0.743. The fourth-order valence-corrected chi connectivity index (χ4v) is 2.67. The number of hydrogen-bond acceptors (Lipinski definition) is 2. The van der Waals surface area contributed by atoms with Crippen LogP contribution in [0.1, 0.15) is 15.9 Å². The number of aromatic nitrogens is 1. The van der Waals surface area contributed by atoms with Gasteiger partial charge in [-0.05, 0) is 58.7 Å². The van der Waals surface area contributed by atoms with E-state index in [1.807, 2.05) is 49.4 Å². The van der Waals surface area contributed by atoms with Crippen LogP contribution in [0.4, 0.5) is 5.69 Å². The van der Waals surface area contributed by atoms with Gasteiger partial charge in [0.1, 0.15) is 0 Å². The second kappa shape index (κ2) is 5.66.